The second kappa shape index (κ2) is 6.76. The summed E-state index contributed by atoms with van der Waals surface area (Å²) in [5.41, 5.74) is 7.46. The fraction of sp³-hybridized carbons (Fsp3) is 0.600. The number of hydrogen-bond donors (Lipinski definition) is 2. The number of hydrogen-bond acceptors (Lipinski definition) is 3. The molecule has 1 saturated carbocycles. The Balaban J connectivity index is 1.73. The van der Waals surface area contributed by atoms with Gasteiger partial charge < -0.3 is 15.8 Å². The van der Waals surface area contributed by atoms with Crippen molar-refractivity contribution in [3.05, 3.63) is 29.8 Å². The quantitative estimate of drug-likeness (QED) is 0.839. The van der Waals surface area contributed by atoms with Crippen LogP contribution in [0.2, 0.25) is 0 Å². The Morgan fingerprint density at radius 3 is 2.61 bits per heavy atom. The molecule has 0 spiro atoms. The van der Waals surface area contributed by atoms with E-state index < -0.39 is 0 Å². The molecular weight excluding hydrogens is 224 g/mol. The van der Waals surface area contributed by atoms with Crippen LogP contribution in [0, 0.1) is 0 Å². The van der Waals surface area contributed by atoms with E-state index in [-0.39, 0.29) is 0 Å². The lowest BCUT2D eigenvalue weighted by Crippen LogP contribution is -2.47. The molecule has 1 aromatic carbocycles. The zero-order chi connectivity index (χ0) is 12.8. The number of nitrogens with two attached hydrogens (primary N) is 1. The van der Waals surface area contributed by atoms with Gasteiger partial charge in [-0.25, -0.2) is 0 Å². The minimum atomic E-state index is 0.342. The summed E-state index contributed by atoms with van der Waals surface area (Å²) in [6.45, 7) is 1.00. The first-order valence-corrected chi connectivity index (χ1v) is 6.91. The third-order valence-corrected chi connectivity index (χ3v) is 3.80. The predicted molar refractivity (Wildman–Crippen MR) is 74.9 cm³/mol. The van der Waals surface area contributed by atoms with Crippen LogP contribution in [-0.2, 0) is 6.42 Å². The summed E-state index contributed by atoms with van der Waals surface area (Å²) < 4.78 is 5.15. The Morgan fingerprint density at radius 1 is 1.22 bits per heavy atom. The molecule has 1 aliphatic rings. The van der Waals surface area contributed by atoms with Crippen molar-refractivity contribution >= 4 is 0 Å². The molecule has 0 unspecified atom stereocenters. The van der Waals surface area contributed by atoms with Gasteiger partial charge in [0.25, 0.3) is 0 Å². The Bertz CT molecular complexity index is 350. The van der Waals surface area contributed by atoms with Crippen molar-refractivity contribution in [2.45, 2.75) is 44.2 Å². The van der Waals surface area contributed by atoms with Crippen LogP contribution in [0.15, 0.2) is 24.3 Å². The summed E-state index contributed by atoms with van der Waals surface area (Å²) in [7, 11) is 1.70. The molecule has 0 aromatic heterocycles. The van der Waals surface area contributed by atoms with Gasteiger partial charge in [0.05, 0.1) is 7.11 Å². The molecular formula is C15H24N2O. The average Bonchev–Trinajstić information content (AvgIpc) is 2.42. The highest BCUT2D eigenvalue weighted by Crippen LogP contribution is 2.17. The van der Waals surface area contributed by atoms with Crippen LogP contribution in [0.3, 0.4) is 0 Å². The highest BCUT2D eigenvalue weighted by molar-refractivity contribution is 5.27. The fourth-order valence-electron chi connectivity index (χ4n) is 2.61. The van der Waals surface area contributed by atoms with E-state index in [1.165, 1.54) is 31.2 Å². The van der Waals surface area contributed by atoms with Crippen LogP contribution in [0.4, 0.5) is 0 Å². The van der Waals surface area contributed by atoms with Gasteiger partial charge in [-0.3, -0.25) is 0 Å². The molecule has 1 aliphatic carbocycles. The standard InChI is InChI=1S/C15H24N2O/c1-18-13-8-6-12(7-9-13)10-11-17-15-5-3-2-4-14(15)16/h6-9,14-15,17H,2-5,10-11,16H2,1H3/t14-,15+/m1/s1. The maximum absolute atomic E-state index is 6.12. The lowest BCUT2D eigenvalue weighted by atomic mass is 9.91. The molecule has 2 atom stereocenters. The normalized spacial score (nSPS) is 23.9. The molecule has 2 rings (SSSR count). The van der Waals surface area contributed by atoms with Gasteiger partial charge in [-0.15, -0.1) is 0 Å². The number of methoxy groups -OCH3 is 1. The van der Waals surface area contributed by atoms with Gasteiger partial charge in [-0.1, -0.05) is 25.0 Å². The molecule has 0 amide bonds. The fourth-order valence-corrected chi connectivity index (χ4v) is 2.61. The SMILES string of the molecule is COc1ccc(CCN[C@H]2CCCC[C@H]2N)cc1. The first kappa shape index (κ1) is 13.4. The molecule has 1 fully saturated rings. The van der Waals surface area contributed by atoms with E-state index in [2.05, 4.69) is 17.4 Å². The van der Waals surface area contributed by atoms with Gasteiger partial charge >= 0.3 is 0 Å². The lowest BCUT2D eigenvalue weighted by molar-refractivity contribution is 0.329. The van der Waals surface area contributed by atoms with E-state index >= 15 is 0 Å². The molecule has 0 saturated heterocycles. The average molecular weight is 248 g/mol. The second-order valence-corrected chi connectivity index (χ2v) is 5.11. The van der Waals surface area contributed by atoms with E-state index in [1.54, 1.807) is 7.11 Å². The van der Waals surface area contributed by atoms with Gasteiger partial charge in [0.2, 0.25) is 0 Å². The van der Waals surface area contributed by atoms with E-state index in [0.29, 0.717) is 12.1 Å². The minimum Gasteiger partial charge on any atom is -0.497 e. The maximum atomic E-state index is 6.12. The van der Waals surface area contributed by atoms with E-state index in [4.69, 9.17) is 10.5 Å². The molecule has 0 bridgehead atoms. The Morgan fingerprint density at radius 2 is 1.94 bits per heavy atom. The number of rotatable bonds is 5. The zero-order valence-electron chi connectivity index (χ0n) is 11.2. The van der Waals surface area contributed by atoms with Gasteiger partial charge in [0.1, 0.15) is 5.75 Å². The van der Waals surface area contributed by atoms with Crippen molar-refractivity contribution in [3.63, 3.8) is 0 Å². The molecule has 0 aliphatic heterocycles. The van der Waals surface area contributed by atoms with E-state index in [1.807, 2.05) is 12.1 Å². The summed E-state index contributed by atoms with van der Waals surface area (Å²) in [5.74, 6) is 0.918. The Hall–Kier alpha value is -1.06. The summed E-state index contributed by atoms with van der Waals surface area (Å²) in [4.78, 5) is 0. The summed E-state index contributed by atoms with van der Waals surface area (Å²) >= 11 is 0. The van der Waals surface area contributed by atoms with E-state index in [0.717, 1.165) is 18.7 Å². The maximum Gasteiger partial charge on any atom is 0.118 e. The molecule has 100 valence electrons. The molecule has 3 heteroatoms. The zero-order valence-corrected chi connectivity index (χ0v) is 11.2. The van der Waals surface area contributed by atoms with Crippen LogP contribution in [0.25, 0.3) is 0 Å². The summed E-state index contributed by atoms with van der Waals surface area (Å²) in [5, 5.41) is 3.59. The predicted octanol–water partition coefficient (Wildman–Crippen LogP) is 2.10. The Kier molecular flexibility index (Phi) is 5.02. The van der Waals surface area contributed by atoms with E-state index in [9.17, 15) is 0 Å². The number of nitrogens with one attached hydrogen (secondary N) is 1. The van der Waals surface area contributed by atoms with Crippen molar-refractivity contribution in [1.82, 2.24) is 5.32 Å². The topological polar surface area (TPSA) is 47.3 Å². The number of benzene rings is 1. The third-order valence-electron chi connectivity index (χ3n) is 3.80. The Labute approximate surface area is 110 Å². The highest BCUT2D eigenvalue weighted by Gasteiger charge is 2.20. The van der Waals surface area contributed by atoms with Gasteiger partial charge in [-0.05, 0) is 43.5 Å². The second-order valence-electron chi connectivity index (χ2n) is 5.11. The van der Waals surface area contributed by atoms with Crippen molar-refractivity contribution < 1.29 is 4.74 Å². The monoisotopic (exact) mass is 248 g/mol. The summed E-state index contributed by atoms with van der Waals surface area (Å²) in [6, 6.07) is 9.14. The van der Waals surface area contributed by atoms with Crippen molar-refractivity contribution in [1.29, 1.82) is 0 Å². The molecule has 0 radical (unpaired) electrons. The van der Waals surface area contributed by atoms with Gasteiger partial charge in [-0.2, -0.15) is 0 Å². The van der Waals surface area contributed by atoms with Crippen LogP contribution >= 0.6 is 0 Å². The molecule has 3 nitrogen and oxygen atoms in total. The van der Waals surface area contributed by atoms with Crippen LogP contribution < -0.4 is 15.8 Å². The first-order valence-electron chi connectivity index (χ1n) is 6.91. The smallest absolute Gasteiger partial charge is 0.118 e. The van der Waals surface area contributed by atoms with Gasteiger partial charge in [0.15, 0.2) is 0 Å². The molecule has 0 heterocycles. The summed E-state index contributed by atoms with van der Waals surface area (Å²) in [6.07, 6.45) is 6.04. The number of ether oxygens (including phenoxy) is 1. The molecule has 3 N–H and O–H groups in total. The van der Waals surface area contributed by atoms with Crippen LogP contribution in [0.5, 0.6) is 5.75 Å². The third kappa shape index (κ3) is 3.72. The van der Waals surface area contributed by atoms with Crippen molar-refractivity contribution in [2.75, 3.05) is 13.7 Å². The van der Waals surface area contributed by atoms with Crippen molar-refractivity contribution in [3.8, 4) is 5.75 Å². The molecule has 18 heavy (non-hydrogen) atoms. The molecule has 1 aromatic rings. The highest BCUT2D eigenvalue weighted by atomic mass is 16.5. The minimum absolute atomic E-state index is 0.342. The first-order chi connectivity index (χ1) is 8.79. The lowest BCUT2D eigenvalue weighted by Gasteiger charge is -2.29. The van der Waals surface area contributed by atoms with Crippen LogP contribution in [0.1, 0.15) is 31.2 Å². The largest absolute Gasteiger partial charge is 0.497 e. The van der Waals surface area contributed by atoms with Gasteiger partial charge in [0, 0.05) is 12.1 Å². The van der Waals surface area contributed by atoms with Crippen molar-refractivity contribution in [2.24, 2.45) is 5.73 Å². The van der Waals surface area contributed by atoms with Crippen LogP contribution in [-0.4, -0.2) is 25.7 Å².